The van der Waals surface area contributed by atoms with E-state index in [0.717, 1.165) is 25.9 Å². The average molecular weight is 276 g/mol. The summed E-state index contributed by atoms with van der Waals surface area (Å²) in [5.41, 5.74) is 7.06. The maximum atomic E-state index is 11.9. The molecule has 1 aromatic rings. The Balaban J connectivity index is 1.93. The smallest absolute Gasteiger partial charge is 0.249 e. The Morgan fingerprint density at radius 1 is 1.45 bits per heavy atom. The lowest BCUT2D eigenvalue weighted by Gasteiger charge is -2.12. The van der Waals surface area contributed by atoms with Crippen LogP contribution < -0.4 is 11.1 Å². The van der Waals surface area contributed by atoms with Crippen LogP contribution in [0.1, 0.15) is 41.6 Å². The number of benzene rings is 1. The fraction of sp³-hybridized carbons (Fsp3) is 0.467. The second-order valence-corrected chi connectivity index (χ2v) is 5.06. The highest BCUT2D eigenvalue weighted by Gasteiger charge is 2.17. The van der Waals surface area contributed by atoms with Gasteiger partial charge in [0.25, 0.3) is 0 Å². The number of hydrogen-bond acceptors (Lipinski definition) is 3. The van der Waals surface area contributed by atoms with Gasteiger partial charge in [-0.1, -0.05) is 6.07 Å². The molecule has 1 aromatic carbocycles. The second-order valence-electron chi connectivity index (χ2n) is 5.06. The minimum atomic E-state index is -0.488. The monoisotopic (exact) mass is 276 g/mol. The Morgan fingerprint density at radius 2 is 2.25 bits per heavy atom. The van der Waals surface area contributed by atoms with E-state index in [2.05, 4.69) is 5.32 Å². The molecule has 2 amide bonds. The zero-order valence-electron chi connectivity index (χ0n) is 11.6. The highest BCUT2D eigenvalue weighted by molar-refractivity contribution is 5.98. The lowest BCUT2D eigenvalue weighted by Crippen LogP contribution is -2.18. The molecule has 0 aromatic heterocycles. The van der Waals surface area contributed by atoms with E-state index in [4.69, 9.17) is 10.5 Å². The summed E-state index contributed by atoms with van der Waals surface area (Å²) in [5.74, 6) is -0.553. The maximum absolute atomic E-state index is 11.9. The fourth-order valence-electron chi connectivity index (χ4n) is 2.41. The van der Waals surface area contributed by atoms with Gasteiger partial charge in [-0.15, -0.1) is 0 Å². The number of hydrogen-bond donors (Lipinski definition) is 2. The van der Waals surface area contributed by atoms with E-state index in [1.165, 1.54) is 0 Å². The molecule has 108 valence electrons. The predicted octanol–water partition coefficient (Wildman–Crippen LogP) is 1.99. The van der Waals surface area contributed by atoms with Crippen molar-refractivity contribution in [1.82, 2.24) is 0 Å². The molecule has 1 atom stereocenters. The molecule has 20 heavy (non-hydrogen) atoms. The summed E-state index contributed by atoms with van der Waals surface area (Å²) in [6.45, 7) is 2.57. The van der Waals surface area contributed by atoms with Crippen LogP contribution in [0.25, 0.3) is 0 Å². The van der Waals surface area contributed by atoms with Gasteiger partial charge in [0.2, 0.25) is 11.8 Å². The third kappa shape index (κ3) is 3.57. The first-order valence-corrected chi connectivity index (χ1v) is 6.89. The quantitative estimate of drug-likeness (QED) is 0.863. The van der Waals surface area contributed by atoms with Crippen molar-refractivity contribution in [1.29, 1.82) is 0 Å². The summed E-state index contributed by atoms with van der Waals surface area (Å²) in [5, 5.41) is 2.83. The van der Waals surface area contributed by atoms with Gasteiger partial charge in [-0.05, 0) is 43.9 Å². The van der Waals surface area contributed by atoms with E-state index in [1.54, 1.807) is 25.1 Å². The van der Waals surface area contributed by atoms with Gasteiger partial charge < -0.3 is 15.8 Å². The average Bonchev–Trinajstić information content (AvgIpc) is 2.91. The number of primary amides is 1. The number of nitrogens with one attached hydrogen (secondary N) is 1. The van der Waals surface area contributed by atoms with Gasteiger partial charge in [-0.25, -0.2) is 0 Å². The number of nitrogens with two attached hydrogens (primary N) is 1. The number of carbonyl (C=O) groups excluding carboxylic acids is 2. The van der Waals surface area contributed by atoms with Gasteiger partial charge in [0.05, 0.1) is 6.10 Å². The van der Waals surface area contributed by atoms with Crippen LogP contribution in [0.4, 0.5) is 5.69 Å². The van der Waals surface area contributed by atoms with E-state index < -0.39 is 5.91 Å². The lowest BCUT2D eigenvalue weighted by molar-refractivity contribution is -0.116. The zero-order chi connectivity index (χ0) is 14.5. The molecule has 0 saturated carbocycles. The molecule has 0 radical (unpaired) electrons. The molecular weight excluding hydrogens is 256 g/mol. The predicted molar refractivity (Wildman–Crippen MR) is 76.5 cm³/mol. The number of anilines is 1. The van der Waals surface area contributed by atoms with E-state index in [0.29, 0.717) is 23.2 Å². The largest absolute Gasteiger partial charge is 0.378 e. The molecule has 1 fully saturated rings. The van der Waals surface area contributed by atoms with Crippen LogP contribution in [0.15, 0.2) is 18.2 Å². The highest BCUT2D eigenvalue weighted by Crippen LogP contribution is 2.20. The fourth-order valence-corrected chi connectivity index (χ4v) is 2.41. The van der Waals surface area contributed by atoms with Crippen molar-refractivity contribution < 1.29 is 14.3 Å². The van der Waals surface area contributed by atoms with Crippen LogP contribution in [0.5, 0.6) is 0 Å². The first kappa shape index (κ1) is 14.5. The molecular formula is C15H20N2O3. The van der Waals surface area contributed by atoms with Crippen LogP contribution in [0, 0.1) is 6.92 Å². The zero-order valence-corrected chi connectivity index (χ0v) is 11.6. The number of rotatable bonds is 5. The second kappa shape index (κ2) is 6.52. The topological polar surface area (TPSA) is 81.4 Å². The maximum Gasteiger partial charge on any atom is 0.249 e. The molecule has 1 aliphatic rings. The van der Waals surface area contributed by atoms with Crippen LogP contribution in [0.2, 0.25) is 0 Å². The Hall–Kier alpha value is -1.88. The minimum Gasteiger partial charge on any atom is -0.378 e. The van der Waals surface area contributed by atoms with Crippen molar-refractivity contribution in [2.45, 2.75) is 38.7 Å². The Kier molecular flexibility index (Phi) is 4.74. The molecule has 5 nitrogen and oxygen atoms in total. The number of amides is 2. The highest BCUT2D eigenvalue weighted by atomic mass is 16.5. The van der Waals surface area contributed by atoms with Crippen molar-refractivity contribution >= 4 is 17.5 Å². The molecule has 0 aliphatic carbocycles. The third-order valence-electron chi connectivity index (χ3n) is 3.59. The van der Waals surface area contributed by atoms with Crippen molar-refractivity contribution in [3.8, 4) is 0 Å². The van der Waals surface area contributed by atoms with Crippen molar-refractivity contribution in [2.24, 2.45) is 5.73 Å². The first-order valence-electron chi connectivity index (χ1n) is 6.89. The van der Waals surface area contributed by atoms with Crippen LogP contribution in [0.3, 0.4) is 0 Å². The van der Waals surface area contributed by atoms with Crippen LogP contribution >= 0.6 is 0 Å². The minimum absolute atomic E-state index is 0.0646. The Morgan fingerprint density at radius 3 is 2.90 bits per heavy atom. The van der Waals surface area contributed by atoms with E-state index in [-0.39, 0.29) is 12.0 Å². The summed E-state index contributed by atoms with van der Waals surface area (Å²) in [6, 6.07) is 5.13. The normalized spacial score (nSPS) is 17.9. The molecule has 1 heterocycles. The summed E-state index contributed by atoms with van der Waals surface area (Å²) < 4.78 is 5.49. The van der Waals surface area contributed by atoms with Crippen molar-refractivity contribution in [3.63, 3.8) is 0 Å². The number of ether oxygens (including phenoxy) is 1. The molecule has 1 saturated heterocycles. The third-order valence-corrected chi connectivity index (χ3v) is 3.59. The van der Waals surface area contributed by atoms with Gasteiger partial charge in [0.1, 0.15) is 0 Å². The molecule has 3 N–H and O–H groups in total. The first-order chi connectivity index (χ1) is 9.58. The Labute approximate surface area is 118 Å². The van der Waals surface area contributed by atoms with Gasteiger partial charge in [-0.3, -0.25) is 9.59 Å². The van der Waals surface area contributed by atoms with E-state index >= 15 is 0 Å². The van der Waals surface area contributed by atoms with Crippen molar-refractivity contribution in [2.75, 3.05) is 11.9 Å². The number of carbonyl (C=O) groups is 2. The molecule has 0 bridgehead atoms. The SMILES string of the molecule is Cc1c(NC(=O)CCC2CCCO2)cccc1C(N)=O. The van der Waals surface area contributed by atoms with Gasteiger partial charge in [0.15, 0.2) is 0 Å². The molecule has 1 aliphatic heterocycles. The summed E-state index contributed by atoms with van der Waals surface area (Å²) >= 11 is 0. The Bertz CT molecular complexity index is 508. The summed E-state index contributed by atoms with van der Waals surface area (Å²) in [7, 11) is 0. The van der Waals surface area contributed by atoms with Gasteiger partial charge in [0, 0.05) is 24.3 Å². The van der Waals surface area contributed by atoms with Crippen LogP contribution in [-0.4, -0.2) is 24.5 Å². The summed E-state index contributed by atoms with van der Waals surface area (Å²) in [6.07, 6.45) is 3.47. The molecule has 1 unspecified atom stereocenters. The molecule has 2 rings (SSSR count). The van der Waals surface area contributed by atoms with Crippen LogP contribution in [-0.2, 0) is 9.53 Å². The van der Waals surface area contributed by atoms with Crippen molar-refractivity contribution in [3.05, 3.63) is 29.3 Å². The van der Waals surface area contributed by atoms with E-state index in [9.17, 15) is 9.59 Å². The molecule has 5 heteroatoms. The lowest BCUT2D eigenvalue weighted by atomic mass is 10.1. The van der Waals surface area contributed by atoms with Gasteiger partial charge in [-0.2, -0.15) is 0 Å². The summed E-state index contributed by atoms with van der Waals surface area (Å²) in [4.78, 5) is 23.2. The van der Waals surface area contributed by atoms with Gasteiger partial charge >= 0.3 is 0 Å². The van der Waals surface area contributed by atoms with E-state index in [1.807, 2.05) is 0 Å². The molecule has 0 spiro atoms. The standard InChI is InChI=1S/C15H20N2O3/c1-10-12(15(16)19)5-2-6-13(10)17-14(18)8-7-11-4-3-9-20-11/h2,5-6,11H,3-4,7-9H2,1H3,(H2,16,19)(H,17,18).